The van der Waals surface area contributed by atoms with Crippen molar-refractivity contribution in [2.24, 2.45) is 0 Å². The van der Waals surface area contributed by atoms with Crippen molar-refractivity contribution in [3.05, 3.63) is 34.4 Å². The highest BCUT2D eigenvalue weighted by atomic mass is 79.9. The number of aromatic nitrogens is 1. The zero-order chi connectivity index (χ0) is 14.2. The number of rotatable bonds is 4. The van der Waals surface area contributed by atoms with E-state index in [-0.39, 0.29) is 0 Å². The molecule has 5 heteroatoms. The molecule has 0 spiro atoms. The van der Waals surface area contributed by atoms with Crippen LogP contribution in [-0.4, -0.2) is 33.5 Å². The van der Waals surface area contributed by atoms with Gasteiger partial charge in [0.15, 0.2) is 0 Å². The van der Waals surface area contributed by atoms with Crippen molar-refractivity contribution in [3.63, 3.8) is 0 Å². The molecule has 2 N–H and O–H groups in total. The molecule has 1 aromatic heterocycles. The normalized spacial score (nSPS) is 12.3. The van der Waals surface area contributed by atoms with Crippen LogP contribution in [0.2, 0.25) is 0 Å². The number of nitrogens with zero attached hydrogens (tertiary/aromatic N) is 1. The summed E-state index contributed by atoms with van der Waals surface area (Å²) in [6, 6.07) is 6.03. The van der Waals surface area contributed by atoms with Crippen molar-refractivity contribution in [3.8, 4) is 0 Å². The smallest absolute Gasteiger partial charge is 0.323 e. The van der Waals surface area contributed by atoms with Crippen LogP contribution in [0.1, 0.15) is 19.4 Å². The van der Waals surface area contributed by atoms with Gasteiger partial charge in [0.25, 0.3) is 0 Å². The molecule has 1 heterocycles. The van der Waals surface area contributed by atoms with Crippen LogP contribution >= 0.6 is 15.9 Å². The maximum atomic E-state index is 11.3. The number of aromatic amines is 1. The fraction of sp³-hybridized carbons (Fsp3) is 0.357. The van der Waals surface area contributed by atoms with Crippen molar-refractivity contribution in [2.45, 2.75) is 25.9 Å². The predicted molar refractivity (Wildman–Crippen MR) is 79.2 cm³/mol. The third-order valence-electron chi connectivity index (χ3n) is 3.61. The van der Waals surface area contributed by atoms with Gasteiger partial charge in [0.1, 0.15) is 5.54 Å². The Morgan fingerprint density at radius 3 is 2.79 bits per heavy atom. The van der Waals surface area contributed by atoms with Gasteiger partial charge < -0.3 is 10.1 Å². The van der Waals surface area contributed by atoms with Gasteiger partial charge >= 0.3 is 5.97 Å². The lowest BCUT2D eigenvalue weighted by Gasteiger charge is -2.31. The van der Waals surface area contributed by atoms with Gasteiger partial charge in [-0.3, -0.25) is 9.69 Å². The number of benzene rings is 1. The fourth-order valence-electron chi connectivity index (χ4n) is 1.90. The van der Waals surface area contributed by atoms with Crippen LogP contribution in [0.15, 0.2) is 28.9 Å². The maximum Gasteiger partial charge on any atom is 0.323 e. The zero-order valence-corrected chi connectivity index (χ0v) is 12.8. The Morgan fingerprint density at radius 2 is 2.16 bits per heavy atom. The van der Waals surface area contributed by atoms with Crippen molar-refractivity contribution in [1.82, 2.24) is 9.88 Å². The van der Waals surface area contributed by atoms with Gasteiger partial charge in [-0.1, -0.05) is 15.9 Å². The summed E-state index contributed by atoms with van der Waals surface area (Å²) in [7, 11) is 1.82. The lowest BCUT2D eigenvalue weighted by molar-refractivity contribution is -0.148. The van der Waals surface area contributed by atoms with E-state index < -0.39 is 11.5 Å². The first-order chi connectivity index (χ1) is 8.82. The molecule has 0 aliphatic carbocycles. The largest absolute Gasteiger partial charge is 0.480 e. The second-order valence-electron chi connectivity index (χ2n) is 5.22. The molecular weight excluding hydrogens is 308 g/mol. The summed E-state index contributed by atoms with van der Waals surface area (Å²) < 4.78 is 1.01. The molecule has 102 valence electrons. The fourth-order valence-corrected chi connectivity index (χ4v) is 2.26. The highest BCUT2D eigenvalue weighted by Gasteiger charge is 2.32. The summed E-state index contributed by atoms with van der Waals surface area (Å²) in [6.45, 7) is 4.00. The second-order valence-corrected chi connectivity index (χ2v) is 6.14. The maximum absolute atomic E-state index is 11.3. The average molecular weight is 325 g/mol. The monoisotopic (exact) mass is 324 g/mol. The van der Waals surface area contributed by atoms with Crippen LogP contribution in [0.4, 0.5) is 0 Å². The summed E-state index contributed by atoms with van der Waals surface area (Å²) >= 11 is 3.46. The number of carbonyl (C=O) groups is 1. The van der Waals surface area contributed by atoms with Crippen molar-refractivity contribution >= 4 is 32.8 Å². The molecular formula is C14H17BrN2O2. The number of fused-ring (bicyclic) bond motifs is 1. The van der Waals surface area contributed by atoms with Gasteiger partial charge in [-0.25, -0.2) is 0 Å². The number of likely N-dealkylation sites (N-methyl/N-ethyl adjacent to an activating group) is 1. The van der Waals surface area contributed by atoms with E-state index in [2.05, 4.69) is 20.9 Å². The van der Waals surface area contributed by atoms with Crippen LogP contribution < -0.4 is 0 Å². The number of carboxylic acids is 1. The minimum absolute atomic E-state index is 0.579. The Bertz CT molecular complexity index is 619. The van der Waals surface area contributed by atoms with E-state index in [4.69, 9.17) is 0 Å². The Labute approximate surface area is 120 Å². The molecule has 2 rings (SSSR count). The SMILES string of the molecule is CN(Cc1c[nH]c2ccc(Br)cc12)C(C)(C)C(=O)O. The molecule has 0 radical (unpaired) electrons. The van der Waals surface area contributed by atoms with E-state index in [1.807, 2.05) is 36.3 Å². The van der Waals surface area contributed by atoms with Crippen LogP contribution in [0.25, 0.3) is 10.9 Å². The van der Waals surface area contributed by atoms with Gasteiger partial charge in [0.05, 0.1) is 0 Å². The van der Waals surface area contributed by atoms with Gasteiger partial charge in [0, 0.05) is 28.1 Å². The number of nitrogens with one attached hydrogen (secondary N) is 1. The minimum Gasteiger partial charge on any atom is -0.480 e. The second kappa shape index (κ2) is 4.98. The molecule has 1 aromatic carbocycles. The van der Waals surface area contributed by atoms with Gasteiger partial charge in [0.2, 0.25) is 0 Å². The third-order valence-corrected chi connectivity index (χ3v) is 4.11. The summed E-state index contributed by atoms with van der Waals surface area (Å²) in [4.78, 5) is 16.3. The number of carboxylic acid groups (broad SMARTS) is 1. The van der Waals surface area contributed by atoms with Crippen molar-refractivity contribution in [2.75, 3.05) is 7.05 Å². The van der Waals surface area contributed by atoms with Crippen LogP contribution in [0, 0.1) is 0 Å². The summed E-state index contributed by atoms with van der Waals surface area (Å²) in [5, 5.41) is 10.4. The topological polar surface area (TPSA) is 56.3 Å². The number of hydrogen-bond donors (Lipinski definition) is 2. The molecule has 0 saturated carbocycles. The van der Waals surface area contributed by atoms with E-state index in [0.717, 1.165) is 20.9 Å². The van der Waals surface area contributed by atoms with E-state index in [1.165, 1.54) is 0 Å². The Hall–Kier alpha value is -1.33. The Kier molecular flexibility index (Phi) is 3.69. The standard InChI is InChI=1S/C14H17BrN2O2/c1-14(2,13(18)19)17(3)8-9-7-16-12-5-4-10(15)6-11(9)12/h4-7,16H,8H2,1-3H3,(H,18,19). The molecule has 0 atom stereocenters. The number of aliphatic carboxylic acids is 1. The quantitative estimate of drug-likeness (QED) is 0.907. The molecule has 0 amide bonds. The van der Waals surface area contributed by atoms with E-state index in [0.29, 0.717) is 6.54 Å². The molecule has 19 heavy (non-hydrogen) atoms. The number of hydrogen-bond acceptors (Lipinski definition) is 2. The van der Waals surface area contributed by atoms with Gasteiger partial charge in [-0.2, -0.15) is 0 Å². The van der Waals surface area contributed by atoms with Gasteiger partial charge in [-0.15, -0.1) is 0 Å². The molecule has 0 aliphatic heterocycles. The lowest BCUT2D eigenvalue weighted by Crippen LogP contribution is -2.47. The van der Waals surface area contributed by atoms with Crippen LogP contribution in [0.3, 0.4) is 0 Å². The van der Waals surface area contributed by atoms with Gasteiger partial charge in [-0.05, 0) is 44.7 Å². The third kappa shape index (κ3) is 2.67. The lowest BCUT2D eigenvalue weighted by atomic mass is 10.0. The predicted octanol–water partition coefficient (Wildman–Crippen LogP) is 3.23. The molecule has 0 fully saturated rings. The molecule has 0 unspecified atom stereocenters. The van der Waals surface area contributed by atoms with Crippen molar-refractivity contribution in [1.29, 1.82) is 0 Å². The van der Waals surface area contributed by atoms with Crippen molar-refractivity contribution < 1.29 is 9.90 Å². The Balaban J connectivity index is 2.31. The zero-order valence-electron chi connectivity index (χ0n) is 11.2. The van der Waals surface area contributed by atoms with E-state index >= 15 is 0 Å². The number of H-pyrrole nitrogens is 1. The minimum atomic E-state index is -0.893. The summed E-state index contributed by atoms with van der Waals surface area (Å²) in [5.41, 5.74) is 1.25. The summed E-state index contributed by atoms with van der Waals surface area (Å²) in [5.74, 6) is -0.823. The first-order valence-electron chi connectivity index (χ1n) is 6.02. The Morgan fingerprint density at radius 1 is 1.47 bits per heavy atom. The molecule has 4 nitrogen and oxygen atoms in total. The molecule has 0 bridgehead atoms. The summed E-state index contributed by atoms with van der Waals surface area (Å²) in [6.07, 6.45) is 1.94. The first kappa shape index (κ1) is 14.1. The van der Waals surface area contributed by atoms with E-state index in [1.54, 1.807) is 13.8 Å². The van der Waals surface area contributed by atoms with E-state index in [9.17, 15) is 9.90 Å². The highest BCUT2D eigenvalue weighted by Crippen LogP contribution is 2.25. The number of halogens is 1. The van der Waals surface area contributed by atoms with Crippen LogP contribution in [0.5, 0.6) is 0 Å². The molecule has 0 aliphatic rings. The highest BCUT2D eigenvalue weighted by molar-refractivity contribution is 9.10. The van der Waals surface area contributed by atoms with Crippen LogP contribution in [-0.2, 0) is 11.3 Å². The molecule has 2 aromatic rings. The molecule has 0 saturated heterocycles. The first-order valence-corrected chi connectivity index (χ1v) is 6.82. The average Bonchev–Trinajstić information content (AvgIpc) is 2.71.